The lowest BCUT2D eigenvalue weighted by atomic mass is 9.99. The highest BCUT2D eigenvalue weighted by molar-refractivity contribution is 6.06. The zero-order valence-electron chi connectivity index (χ0n) is 10.2. The average Bonchev–Trinajstić information content (AvgIpc) is 2.77. The highest BCUT2D eigenvalue weighted by Gasteiger charge is 2.36. The molecule has 0 bridgehead atoms. The molecule has 1 N–H and O–H groups in total. The first-order chi connectivity index (χ1) is 8.77. The molecule has 0 spiro atoms. The highest BCUT2D eigenvalue weighted by atomic mass is 16.2. The number of Topliss-reactive ketones (excluding diaryl/α,β-unsaturated/α-hetero) is 1. The molecule has 94 valence electrons. The molecule has 4 nitrogen and oxygen atoms in total. The quantitative estimate of drug-likeness (QED) is 0.794. The van der Waals surface area contributed by atoms with Gasteiger partial charge in [-0.25, -0.2) is 0 Å². The van der Waals surface area contributed by atoms with Crippen molar-refractivity contribution in [2.75, 3.05) is 26.2 Å². The molecule has 1 aromatic carbocycles. The van der Waals surface area contributed by atoms with Gasteiger partial charge in [-0.3, -0.25) is 9.59 Å². The topological polar surface area (TPSA) is 49.4 Å². The normalized spacial score (nSPS) is 23.0. The summed E-state index contributed by atoms with van der Waals surface area (Å²) in [4.78, 5) is 26.2. The zero-order valence-corrected chi connectivity index (χ0v) is 10.2. The van der Waals surface area contributed by atoms with Gasteiger partial charge in [0, 0.05) is 38.2 Å². The van der Waals surface area contributed by atoms with Gasteiger partial charge in [-0.15, -0.1) is 0 Å². The Hall–Kier alpha value is -1.68. The summed E-state index contributed by atoms with van der Waals surface area (Å²) in [6.07, 6.45) is 0.335. The smallest absolute Gasteiger partial charge is 0.230 e. The van der Waals surface area contributed by atoms with Crippen molar-refractivity contribution in [2.24, 2.45) is 0 Å². The van der Waals surface area contributed by atoms with E-state index in [-0.39, 0.29) is 17.6 Å². The number of hydrogen-bond acceptors (Lipinski definition) is 3. The minimum atomic E-state index is -0.258. The fourth-order valence-electron chi connectivity index (χ4n) is 2.79. The number of nitrogens with one attached hydrogen (secondary N) is 1. The van der Waals surface area contributed by atoms with Crippen molar-refractivity contribution < 1.29 is 9.59 Å². The molecule has 1 aliphatic heterocycles. The number of carbonyl (C=O) groups excluding carboxylic acids is 2. The largest absolute Gasteiger partial charge is 0.340 e. The monoisotopic (exact) mass is 244 g/mol. The molecule has 1 aromatic rings. The van der Waals surface area contributed by atoms with E-state index in [1.165, 1.54) is 0 Å². The van der Waals surface area contributed by atoms with E-state index in [1.807, 2.05) is 29.2 Å². The molecule has 18 heavy (non-hydrogen) atoms. The summed E-state index contributed by atoms with van der Waals surface area (Å²) in [6.45, 7) is 3.17. The van der Waals surface area contributed by atoms with Gasteiger partial charge in [0.1, 0.15) is 0 Å². The fraction of sp³-hybridized carbons (Fsp3) is 0.429. The van der Waals surface area contributed by atoms with Crippen LogP contribution >= 0.6 is 0 Å². The minimum Gasteiger partial charge on any atom is -0.340 e. The number of ketones is 1. The van der Waals surface area contributed by atoms with Crippen LogP contribution in [0.25, 0.3) is 0 Å². The summed E-state index contributed by atoms with van der Waals surface area (Å²) in [5, 5.41) is 3.23. The second-order valence-electron chi connectivity index (χ2n) is 4.84. The number of benzene rings is 1. The van der Waals surface area contributed by atoms with Crippen LogP contribution in [0.4, 0.5) is 0 Å². The molecule has 2 aliphatic rings. The maximum Gasteiger partial charge on any atom is 0.230 e. The molecule has 0 radical (unpaired) electrons. The van der Waals surface area contributed by atoms with Crippen LogP contribution in [0.2, 0.25) is 0 Å². The number of nitrogens with zero attached hydrogens (tertiary/aromatic N) is 1. The van der Waals surface area contributed by atoms with E-state index in [1.54, 1.807) is 0 Å². The Morgan fingerprint density at radius 2 is 1.94 bits per heavy atom. The van der Waals surface area contributed by atoms with E-state index in [0.29, 0.717) is 6.42 Å². The lowest BCUT2D eigenvalue weighted by Crippen LogP contribution is -2.47. The van der Waals surface area contributed by atoms with Crippen molar-refractivity contribution >= 4 is 11.7 Å². The predicted molar refractivity (Wildman–Crippen MR) is 67.6 cm³/mol. The molecule has 0 aromatic heterocycles. The SMILES string of the molecule is O=C1C[C@H](C(=O)N2CCNCC2)c2ccccc21. The Kier molecular flexibility index (Phi) is 2.88. The number of fused-ring (bicyclic) bond motifs is 1. The number of amides is 1. The fourth-order valence-corrected chi connectivity index (χ4v) is 2.79. The summed E-state index contributed by atoms with van der Waals surface area (Å²) in [5.41, 5.74) is 1.64. The third-order valence-corrected chi connectivity index (χ3v) is 3.75. The second-order valence-corrected chi connectivity index (χ2v) is 4.84. The average molecular weight is 244 g/mol. The third-order valence-electron chi connectivity index (χ3n) is 3.75. The Labute approximate surface area is 106 Å². The molecule has 4 heteroatoms. The van der Waals surface area contributed by atoms with E-state index >= 15 is 0 Å². The summed E-state index contributed by atoms with van der Waals surface area (Å²) in [5.74, 6) is -0.0549. The number of piperazine rings is 1. The molecule has 1 saturated heterocycles. The van der Waals surface area contributed by atoms with E-state index in [2.05, 4.69) is 5.32 Å². The van der Waals surface area contributed by atoms with Gasteiger partial charge in [0.15, 0.2) is 5.78 Å². The Morgan fingerprint density at radius 1 is 1.22 bits per heavy atom. The van der Waals surface area contributed by atoms with Gasteiger partial charge in [-0.1, -0.05) is 24.3 Å². The molecule has 1 fully saturated rings. The van der Waals surface area contributed by atoms with Gasteiger partial charge in [0.05, 0.1) is 5.92 Å². The summed E-state index contributed by atoms with van der Waals surface area (Å²) < 4.78 is 0. The number of rotatable bonds is 1. The third kappa shape index (κ3) is 1.82. The molecule has 0 saturated carbocycles. The van der Waals surface area contributed by atoms with Crippen molar-refractivity contribution in [3.05, 3.63) is 35.4 Å². The van der Waals surface area contributed by atoms with Gasteiger partial charge < -0.3 is 10.2 Å². The maximum atomic E-state index is 12.5. The van der Waals surface area contributed by atoms with E-state index in [0.717, 1.165) is 37.3 Å². The summed E-state index contributed by atoms with van der Waals surface area (Å²) in [7, 11) is 0. The molecule has 1 amide bonds. The van der Waals surface area contributed by atoms with Gasteiger partial charge >= 0.3 is 0 Å². The molecule has 1 atom stereocenters. The van der Waals surface area contributed by atoms with Gasteiger partial charge in [0.2, 0.25) is 5.91 Å². The lowest BCUT2D eigenvalue weighted by molar-refractivity contribution is -0.133. The van der Waals surface area contributed by atoms with Crippen LogP contribution in [-0.4, -0.2) is 42.8 Å². The minimum absolute atomic E-state index is 0.0964. The van der Waals surface area contributed by atoms with Crippen molar-refractivity contribution in [3.8, 4) is 0 Å². The predicted octanol–water partition coefficient (Wildman–Crippen LogP) is 0.788. The number of hydrogen-bond donors (Lipinski definition) is 1. The number of carbonyl (C=O) groups is 2. The van der Waals surface area contributed by atoms with Crippen LogP contribution in [0.3, 0.4) is 0 Å². The van der Waals surface area contributed by atoms with Crippen molar-refractivity contribution in [1.29, 1.82) is 0 Å². The van der Waals surface area contributed by atoms with Gasteiger partial charge in [0.25, 0.3) is 0 Å². The van der Waals surface area contributed by atoms with Crippen LogP contribution in [-0.2, 0) is 4.79 Å². The Balaban J connectivity index is 1.85. The van der Waals surface area contributed by atoms with Crippen LogP contribution in [0.5, 0.6) is 0 Å². The van der Waals surface area contributed by atoms with Crippen molar-refractivity contribution in [1.82, 2.24) is 10.2 Å². The Bertz CT molecular complexity index is 492. The summed E-state index contributed by atoms with van der Waals surface area (Å²) >= 11 is 0. The van der Waals surface area contributed by atoms with Gasteiger partial charge in [-0.2, -0.15) is 0 Å². The van der Waals surface area contributed by atoms with E-state index in [4.69, 9.17) is 0 Å². The van der Waals surface area contributed by atoms with Gasteiger partial charge in [-0.05, 0) is 5.56 Å². The van der Waals surface area contributed by atoms with Crippen LogP contribution in [0.15, 0.2) is 24.3 Å². The molecular weight excluding hydrogens is 228 g/mol. The molecule has 1 aliphatic carbocycles. The first-order valence-corrected chi connectivity index (χ1v) is 6.39. The first-order valence-electron chi connectivity index (χ1n) is 6.39. The second kappa shape index (κ2) is 4.53. The van der Waals surface area contributed by atoms with Crippen LogP contribution < -0.4 is 5.32 Å². The standard InChI is InChI=1S/C14H16N2O2/c17-13-9-12(10-3-1-2-4-11(10)13)14(18)16-7-5-15-6-8-16/h1-4,12,15H,5-9H2/t12-/m0/s1. The highest BCUT2D eigenvalue weighted by Crippen LogP contribution is 2.34. The molecule has 1 heterocycles. The first kappa shape index (κ1) is 11.4. The van der Waals surface area contributed by atoms with E-state index < -0.39 is 0 Å². The molecule has 0 unspecified atom stereocenters. The van der Waals surface area contributed by atoms with E-state index in [9.17, 15) is 9.59 Å². The summed E-state index contributed by atoms with van der Waals surface area (Å²) in [6, 6.07) is 7.48. The van der Waals surface area contributed by atoms with Crippen LogP contribution in [0, 0.1) is 0 Å². The Morgan fingerprint density at radius 3 is 2.72 bits per heavy atom. The maximum absolute atomic E-state index is 12.5. The van der Waals surface area contributed by atoms with Crippen molar-refractivity contribution in [2.45, 2.75) is 12.3 Å². The molecular formula is C14H16N2O2. The zero-order chi connectivity index (χ0) is 12.5. The van der Waals surface area contributed by atoms with Crippen molar-refractivity contribution in [3.63, 3.8) is 0 Å². The molecule has 3 rings (SSSR count). The lowest BCUT2D eigenvalue weighted by Gasteiger charge is -2.29. The van der Waals surface area contributed by atoms with Crippen LogP contribution in [0.1, 0.15) is 28.3 Å².